The number of hydrogen-bond acceptors (Lipinski definition) is 3. The van der Waals surface area contributed by atoms with Crippen LogP contribution in [0.25, 0.3) is 0 Å². The van der Waals surface area contributed by atoms with Gasteiger partial charge in [0.15, 0.2) is 6.10 Å². The highest BCUT2D eigenvalue weighted by atomic mass is 79.9. The van der Waals surface area contributed by atoms with Crippen LogP contribution in [0.2, 0.25) is 0 Å². The highest BCUT2D eigenvalue weighted by Gasteiger charge is 2.44. The number of rotatable bonds is 4. The molecular weight excluding hydrogens is 319 g/mol. The van der Waals surface area contributed by atoms with E-state index in [2.05, 4.69) is 20.7 Å². The lowest BCUT2D eigenvalue weighted by molar-refractivity contribution is -0.387. The molecule has 18 heavy (non-hydrogen) atoms. The van der Waals surface area contributed by atoms with Crippen molar-refractivity contribution >= 4 is 21.6 Å². The first-order chi connectivity index (χ1) is 8.27. The molecule has 1 rings (SSSR count). The van der Waals surface area contributed by atoms with Gasteiger partial charge in [0.2, 0.25) is 0 Å². The van der Waals surface area contributed by atoms with E-state index in [0.717, 1.165) is 12.1 Å². The predicted molar refractivity (Wildman–Crippen MR) is 61.2 cm³/mol. The van der Waals surface area contributed by atoms with Gasteiger partial charge in [0.05, 0.1) is 10.5 Å². The quantitative estimate of drug-likeness (QED) is 0.620. The number of nitro groups is 1. The van der Waals surface area contributed by atoms with E-state index >= 15 is 0 Å². The van der Waals surface area contributed by atoms with Crippen LogP contribution >= 0.6 is 15.9 Å². The van der Waals surface area contributed by atoms with E-state index in [9.17, 15) is 23.3 Å². The molecule has 0 N–H and O–H groups in total. The Hall–Kier alpha value is -1.15. The minimum atomic E-state index is -4.70. The standard InChI is InChI=1S/C10H9BrF3NO3/c1-2-18-9(10(12,13)14)7-4-3-6(11)5-8(7)15(16)17/h3-5,9H,2H2,1H3. The zero-order chi connectivity index (χ0) is 13.9. The fraction of sp³-hybridized carbons (Fsp3) is 0.400. The maximum Gasteiger partial charge on any atom is 0.419 e. The van der Waals surface area contributed by atoms with E-state index in [1.807, 2.05) is 0 Å². The van der Waals surface area contributed by atoms with Crippen LogP contribution in [-0.4, -0.2) is 17.7 Å². The number of nitro benzene ring substituents is 1. The first-order valence-electron chi connectivity index (χ1n) is 4.89. The molecule has 0 aliphatic carbocycles. The topological polar surface area (TPSA) is 52.4 Å². The summed E-state index contributed by atoms with van der Waals surface area (Å²) in [6.45, 7) is 1.20. The zero-order valence-electron chi connectivity index (χ0n) is 9.20. The lowest BCUT2D eigenvalue weighted by atomic mass is 10.1. The predicted octanol–water partition coefficient (Wildman–Crippen LogP) is 4.00. The van der Waals surface area contributed by atoms with Crippen molar-refractivity contribution in [2.45, 2.75) is 19.2 Å². The molecule has 0 radical (unpaired) electrons. The van der Waals surface area contributed by atoms with Crippen molar-refractivity contribution in [1.29, 1.82) is 0 Å². The second-order valence-electron chi connectivity index (χ2n) is 3.34. The average molecular weight is 328 g/mol. The van der Waals surface area contributed by atoms with Gasteiger partial charge in [-0.3, -0.25) is 10.1 Å². The number of nitrogens with zero attached hydrogens (tertiary/aromatic N) is 1. The van der Waals surface area contributed by atoms with Gasteiger partial charge in [0.1, 0.15) is 0 Å². The normalized spacial score (nSPS) is 13.4. The Bertz CT molecular complexity index is 450. The van der Waals surface area contributed by atoms with Gasteiger partial charge in [-0.1, -0.05) is 15.9 Å². The monoisotopic (exact) mass is 327 g/mol. The van der Waals surface area contributed by atoms with Crippen LogP contribution in [0.5, 0.6) is 0 Å². The second-order valence-corrected chi connectivity index (χ2v) is 4.25. The van der Waals surface area contributed by atoms with E-state index in [0.29, 0.717) is 4.47 Å². The molecule has 0 aromatic heterocycles. The van der Waals surface area contributed by atoms with Crippen molar-refractivity contribution in [2.75, 3.05) is 6.61 Å². The third-order valence-corrected chi connectivity index (χ3v) is 2.60. The van der Waals surface area contributed by atoms with Crippen molar-refractivity contribution < 1.29 is 22.8 Å². The van der Waals surface area contributed by atoms with Gasteiger partial charge in [0.25, 0.3) is 5.69 Å². The molecule has 0 saturated carbocycles. The first kappa shape index (κ1) is 14.9. The minimum Gasteiger partial charge on any atom is -0.364 e. The molecule has 0 saturated heterocycles. The van der Waals surface area contributed by atoms with Gasteiger partial charge in [-0.05, 0) is 19.1 Å². The molecule has 4 nitrogen and oxygen atoms in total. The Kier molecular flexibility index (Phi) is 4.69. The molecule has 0 spiro atoms. The Morgan fingerprint density at radius 3 is 2.56 bits per heavy atom. The minimum absolute atomic E-state index is 0.197. The van der Waals surface area contributed by atoms with Gasteiger partial charge in [-0.25, -0.2) is 0 Å². The SMILES string of the molecule is CCOC(c1ccc(Br)cc1[N+](=O)[O-])C(F)(F)F. The summed E-state index contributed by atoms with van der Waals surface area (Å²) in [5.74, 6) is 0. The first-order valence-corrected chi connectivity index (χ1v) is 5.68. The molecule has 1 aromatic rings. The van der Waals surface area contributed by atoms with Crippen molar-refractivity contribution in [1.82, 2.24) is 0 Å². The van der Waals surface area contributed by atoms with E-state index in [-0.39, 0.29) is 6.61 Å². The Morgan fingerprint density at radius 1 is 1.50 bits per heavy atom. The lowest BCUT2D eigenvalue weighted by Gasteiger charge is -2.20. The van der Waals surface area contributed by atoms with Crippen molar-refractivity contribution in [2.24, 2.45) is 0 Å². The summed E-state index contributed by atoms with van der Waals surface area (Å²) < 4.78 is 43.2. The molecule has 0 aliphatic heterocycles. The Labute approximate surface area is 109 Å². The summed E-state index contributed by atoms with van der Waals surface area (Å²) in [7, 11) is 0. The highest BCUT2D eigenvalue weighted by molar-refractivity contribution is 9.10. The van der Waals surface area contributed by atoms with Crippen LogP contribution in [-0.2, 0) is 4.74 Å². The van der Waals surface area contributed by atoms with Crippen LogP contribution in [0, 0.1) is 10.1 Å². The molecule has 1 unspecified atom stereocenters. The second kappa shape index (κ2) is 5.66. The average Bonchev–Trinajstić information content (AvgIpc) is 2.24. The van der Waals surface area contributed by atoms with Gasteiger partial charge in [-0.15, -0.1) is 0 Å². The fourth-order valence-corrected chi connectivity index (χ4v) is 1.77. The van der Waals surface area contributed by atoms with Crippen molar-refractivity contribution in [3.05, 3.63) is 38.3 Å². The molecule has 0 amide bonds. The molecule has 0 bridgehead atoms. The summed E-state index contributed by atoms with van der Waals surface area (Å²) in [4.78, 5) is 9.91. The van der Waals surface area contributed by atoms with Gasteiger partial charge in [0, 0.05) is 17.1 Å². The molecular formula is C10H9BrF3NO3. The summed E-state index contributed by atoms with van der Waals surface area (Å²) in [5.41, 5.74) is -1.13. The largest absolute Gasteiger partial charge is 0.419 e. The fourth-order valence-electron chi connectivity index (χ4n) is 1.42. The molecule has 0 fully saturated rings. The van der Waals surface area contributed by atoms with E-state index in [1.165, 1.54) is 13.0 Å². The summed E-state index contributed by atoms with van der Waals surface area (Å²) in [6, 6.07) is 3.36. The van der Waals surface area contributed by atoms with E-state index < -0.39 is 28.5 Å². The third-order valence-electron chi connectivity index (χ3n) is 2.10. The Morgan fingerprint density at radius 2 is 2.11 bits per heavy atom. The molecule has 1 aromatic carbocycles. The van der Waals surface area contributed by atoms with E-state index in [1.54, 1.807) is 0 Å². The van der Waals surface area contributed by atoms with Gasteiger partial charge < -0.3 is 4.74 Å². The molecule has 100 valence electrons. The van der Waals surface area contributed by atoms with Gasteiger partial charge >= 0.3 is 6.18 Å². The van der Waals surface area contributed by atoms with Crippen LogP contribution in [0.4, 0.5) is 18.9 Å². The number of halogens is 4. The van der Waals surface area contributed by atoms with Crippen LogP contribution in [0.1, 0.15) is 18.6 Å². The summed E-state index contributed by atoms with van der Waals surface area (Å²) >= 11 is 2.98. The number of benzene rings is 1. The van der Waals surface area contributed by atoms with Crippen LogP contribution < -0.4 is 0 Å². The maximum absolute atomic E-state index is 12.8. The number of alkyl halides is 3. The van der Waals surface area contributed by atoms with Crippen LogP contribution in [0.3, 0.4) is 0 Å². The Balaban J connectivity index is 3.32. The smallest absolute Gasteiger partial charge is 0.364 e. The summed E-state index contributed by atoms with van der Waals surface area (Å²) in [5, 5.41) is 10.8. The van der Waals surface area contributed by atoms with Gasteiger partial charge in [-0.2, -0.15) is 13.2 Å². The van der Waals surface area contributed by atoms with E-state index in [4.69, 9.17) is 0 Å². The molecule has 1 atom stereocenters. The third kappa shape index (κ3) is 3.42. The number of ether oxygens (including phenoxy) is 1. The molecule has 0 heterocycles. The highest BCUT2D eigenvalue weighted by Crippen LogP contribution is 2.40. The van der Waals surface area contributed by atoms with Crippen molar-refractivity contribution in [3.63, 3.8) is 0 Å². The molecule has 0 aliphatic rings. The van der Waals surface area contributed by atoms with Crippen molar-refractivity contribution in [3.8, 4) is 0 Å². The molecule has 8 heteroatoms. The summed E-state index contributed by atoms with van der Waals surface area (Å²) in [6.07, 6.45) is -7.00. The van der Waals surface area contributed by atoms with Crippen LogP contribution in [0.15, 0.2) is 22.7 Å². The number of hydrogen-bond donors (Lipinski definition) is 0. The maximum atomic E-state index is 12.8. The lowest BCUT2D eigenvalue weighted by Crippen LogP contribution is -2.24. The zero-order valence-corrected chi connectivity index (χ0v) is 10.8.